The van der Waals surface area contributed by atoms with Crippen LogP contribution in [-0.2, 0) is 23.1 Å². The van der Waals surface area contributed by atoms with Crippen molar-refractivity contribution in [3.63, 3.8) is 0 Å². The van der Waals surface area contributed by atoms with Crippen LogP contribution in [0.4, 0.5) is 17.5 Å². The number of aryl methyl sites for hydroxylation is 1. The Balaban J connectivity index is 1.25. The number of aromatic nitrogens is 7. The number of hydrogen-bond donors (Lipinski definition) is 2. The maximum atomic E-state index is 11.7. The maximum Gasteiger partial charge on any atom is 0.247 e. The number of benzene rings is 1. The van der Waals surface area contributed by atoms with Crippen LogP contribution in [-0.4, -0.2) is 66.5 Å². The monoisotopic (exact) mass is 536 g/mol. The molecular formula is C28H28N10O2. The average molecular weight is 537 g/mol. The van der Waals surface area contributed by atoms with Gasteiger partial charge in [-0.2, -0.15) is 15.1 Å². The standard InChI is InChI=1S/C28H28N10O2/c1-3-24(39)33-21-6-4-5-19(13-21)20-7-8-22(29-14-20)15-30-26-25-27(35-28(34-26)37-9-11-40-12-10-37)38(18-31-25)23-16-32-36(2)17-23/h3-8,13-14,16-18H,1,9-12,15H2,2H3,(H,33,39)(H,30,34,35). The van der Waals surface area contributed by atoms with E-state index in [2.05, 4.69) is 37.2 Å². The number of morpholine rings is 1. The second kappa shape index (κ2) is 10.9. The number of carbonyl (C=O) groups is 1. The van der Waals surface area contributed by atoms with Crippen molar-refractivity contribution in [1.82, 2.24) is 34.3 Å². The first-order chi connectivity index (χ1) is 19.6. The van der Waals surface area contributed by atoms with E-state index in [-0.39, 0.29) is 5.91 Å². The summed E-state index contributed by atoms with van der Waals surface area (Å²) in [4.78, 5) is 32.8. The van der Waals surface area contributed by atoms with Crippen LogP contribution in [0.3, 0.4) is 0 Å². The molecule has 202 valence electrons. The molecule has 4 aromatic heterocycles. The van der Waals surface area contributed by atoms with Gasteiger partial charge >= 0.3 is 0 Å². The van der Waals surface area contributed by atoms with E-state index < -0.39 is 0 Å². The van der Waals surface area contributed by atoms with Crippen molar-refractivity contribution in [1.29, 1.82) is 0 Å². The van der Waals surface area contributed by atoms with Gasteiger partial charge in [0.25, 0.3) is 0 Å². The molecule has 6 rings (SSSR count). The summed E-state index contributed by atoms with van der Waals surface area (Å²) in [6, 6.07) is 11.6. The Labute approximate surface area is 230 Å². The molecule has 1 amide bonds. The molecule has 40 heavy (non-hydrogen) atoms. The molecule has 0 spiro atoms. The van der Waals surface area contributed by atoms with Crippen molar-refractivity contribution in [3.8, 4) is 16.8 Å². The molecule has 1 saturated heterocycles. The number of anilines is 3. The fourth-order valence-corrected chi connectivity index (χ4v) is 4.48. The van der Waals surface area contributed by atoms with E-state index in [0.29, 0.717) is 61.5 Å². The molecule has 12 nitrogen and oxygen atoms in total. The first kappa shape index (κ1) is 25.2. The number of carbonyl (C=O) groups excluding carboxylic acids is 1. The van der Waals surface area contributed by atoms with Gasteiger partial charge in [0, 0.05) is 43.8 Å². The minimum absolute atomic E-state index is 0.252. The van der Waals surface area contributed by atoms with Gasteiger partial charge in [-0.15, -0.1) is 0 Å². The van der Waals surface area contributed by atoms with Crippen LogP contribution >= 0.6 is 0 Å². The SMILES string of the molecule is C=CC(=O)Nc1cccc(-c2ccc(CNc3nc(N4CCOCC4)nc4c3ncn4-c3cnn(C)c3)nc2)c1. The van der Waals surface area contributed by atoms with E-state index in [9.17, 15) is 4.79 Å². The Morgan fingerprint density at radius 1 is 1.10 bits per heavy atom. The average Bonchev–Trinajstić information content (AvgIpc) is 3.62. The molecule has 0 atom stereocenters. The summed E-state index contributed by atoms with van der Waals surface area (Å²) in [7, 11) is 1.87. The van der Waals surface area contributed by atoms with Crippen LogP contribution in [0, 0.1) is 0 Å². The van der Waals surface area contributed by atoms with E-state index >= 15 is 0 Å². The Bertz CT molecular complexity index is 1670. The lowest BCUT2D eigenvalue weighted by atomic mass is 10.1. The van der Waals surface area contributed by atoms with Crippen LogP contribution < -0.4 is 15.5 Å². The van der Waals surface area contributed by atoms with Gasteiger partial charge in [-0.1, -0.05) is 24.8 Å². The molecule has 1 aliphatic rings. The first-order valence-corrected chi connectivity index (χ1v) is 12.9. The quantitative estimate of drug-likeness (QED) is 0.287. The lowest BCUT2D eigenvalue weighted by Gasteiger charge is -2.27. The molecule has 0 saturated carbocycles. The van der Waals surface area contributed by atoms with Crippen LogP contribution in [0.5, 0.6) is 0 Å². The van der Waals surface area contributed by atoms with Gasteiger partial charge < -0.3 is 20.3 Å². The highest BCUT2D eigenvalue weighted by atomic mass is 16.5. The molecule has 0 radical (unpaired) electrons. The topological polar surface area (TPSA) is 128 Å². The normalized spacial score (nSPS) is 13.4. The minimum Gasteiger partial charge on any atom is -0.378 e. The summed E-state index contributed by atoms with van der Waals surface area (Å²) >= 11 is 0. The highest BCUT2D eigenvalue weighted by Gasteiger charge is 2.20. The predicted molar refractivity (Wildman–Crippen MR) is 152 cm³/mol. The predicted octanol–water partition coefficient (Wildman–Crippen LogP) is 3.18. The van der Waals surface area contributed by atoms with Crippen molar-refractivity contribution < 1.29 is 9.53 Å². The van der Waals surface area contributed by atoms with Gasteiger partial charge in [-0.25, -0.2) is 4.98 Å². The van der Waals surface area contributed by atoms with Gasteiger partial charge in [0.05, 0.1) is 37.3 Å². The Kier molecular flexibility index (Phi) is 6.89. The number of nitrogens with zero attached hydrogens (tertiary/aromatic N) is 8. The smallest absolute Gasteiger partial charge is 0.247 e. The number of hydrogen-bond acceptors (Lipinski definition) is 9. The molecule has 0 bridgehead atoms. The lowest BCUT2D eigenvalue weighted by Crippen LogP contribution is -2.37. The molecule has 0 unspecified atom stereocenters. The first-order valence-electron chi connectivity index (χ1n) is 12.9. The number of amides is 1. The number of ether oxygens (including phenoxy) is 1. The second-order valence-corrected chi connectivity index (χ2v) is 9.30. The summed E-state index contributed by atoms with van der Waals surface area (Å²) in [5.74, 6) is 0.999. The van der Waals surface area contributed by atoms with E-state index in [1.165, 1.54) is 6.08 Å². The van der Waals surface area contributed by atoms with Crippen molar-refractivity contribution in [2.45, 2.75) is 6.54 Å². The van der Waals surface area contributed by atoms with Gasteiger partial charge in [0.1, 0.15) is 6.33 Å². The van der Waals surface area contributed by atoms with E-state index in [1.54, 1.807) is 17.2 Å². The van der Waals surface area contributed by atoms with Crippen LogP contribution in [0.2, 0.25) is 0 Å². The lowest BCUT2D eigenvalue weighted by molar-refractivity contribution is -0.111. The molecular weight excluding hydrogens is 508 g/mol. The van der Waals surface area contributed by atoms with Gasteiger partial charge in [0.15, 0.2) is 17.0 Å². The van der Waals surface area contributed by atoms with Crippen LogP contribution in [0.25, 0.3) is 28.0 Å². The third-order valence-corrected chi connectivity index (χ3v) is 6.56. The van der Waals surface area contributed by atoms with E-state index in [1.807, 2.05) is 60.4 Å². The zero-order chi connectivity index (χ0) is 27.5. The van der Waals surface area contributed by atoms with Crippen LogP contribution in [0.1, 0.15) is 5.69 Å². The Morgan fingerprint density at radius 2 is 1.98 bits per heavy atom. The summed E-state index contributed by atoms with van der Waals surface area (Å²) in [6.07, 6.45) is 8.49. The number of rotatable bonds is 8. The molecule has 5 aromatic rings. The van der Waals surface area contributed by atoms with E-state index in [0.717, 1.165) is 22.5 Å². The largest absolute Gasteiger partial charge is 0.378 e. The fourth-order valence-electron chi connectivity index (χ4n) is 4.48. The molecule has 2 N–H and O–H groups in total. The van der Waals surface area contributed by atoms with Crippen molar-refractivity contribution in [2.24, 2.45) is 7.05 Å². The summed E-state index contributed by atoms with van der Waals surface area (Å²) in [6.45, 7) is 6.64. The Hall–Kier alpha value is -5.10. The van der Waals surface area contributed by atoms with Gasteiger partial charge in [-0.05, 0) is 29.8 Å². The number of imidazole rings is 1. The zero-order valence-electron chi connectivity index (χ0n) is 22.0. The maximum absolute atomic E-state index is 11.7. The van der Waals surface area contributed by atoms with Crippen LogP contribution in [0.15, 0.2) is 74.0 Å². The zero-order valence-corrected chi connectivity index (χ0v) is 22.0. The minimum atomic E-state index is -0.252. The number of pyridine rings is 1. The molecule has 12 heteroatoms. The molecule has 5 heterocycles. The Morgan fingerprint density at radius 3 is 2.73 bits per heavy atom. The molecule has 0 aliphatic carbocycles. The van der Waals surface area contributed by atoms with Crippen molar-refractivity contribution in [2.75, 3.05) is 41.8 Å². The molecule has 1 fully saturated rings. The van der Waals surface area contributed by atoms with E-state index in [4.69, 9.17) is 14.7 Å². The van der Waals surface area contributed by atoms with Gasteiger partial charge in [-0.3, -0.25) is 19.0 Å². The number of nitrogens with one attached hydrogen (secondary N) is 2. The van der Waals surface area contributed by atoms with Crippen molar-refractivity contribution in [3.05, 3.63) is 79.7 Å². The number of fused-ring (bicyclic) bond motifs is 1. The third-order valence-electron chi connectivity index (χ3n) is 6.56. The fraction of sp³-hybridized carbons (Fsp3) is 0.214. The summed E-state index contributed by atoms with van der Waals surface area (Å²) in [5, 5.41) is 10.5. The summed E-state index contributed by atoms with van der Waals surface area (Å²) < 4.78 is 9.18. The molecule has 1 aliphatic heterocycles. The van der Waals surface area contributed by atoms with Gasteiger partial charge in [0.2, 0.25) is 11.9 Å². The van der Waals surface area contributed by atoms with Crippen molar-refractivity contribution >= 4 is 34.5 Å². The summed E-state index contributed by atoms with van der Waals surface area (Å²) in [5.41, 5.74) is 5.65. The highest BCUT2D eigenvalue weighted by Crippen LogP contribution is 2.26. The molecule has 1 aromatic carbocycles. The third kappa shape index (κ3) is 5.24. The highest BCUT2D eigenvalue weighted by molar-refractivity contribution is 5.99. The second-order valence-electron chi connectivity index (χ2n) is 9.30.